The third-order valence-electron chi connectivity index (χ3n) is 2.41. The zero-order chi connectivity index (χ0) is 13.4. The topological polar surface area (TPSA) is 58.6 Å². The van der Waals surface area contributed by atoms with Crippen molar-refractivity contribution in [3.05, 3.63) is 0 Å². The van der Waals surface area contributed by atoms with Crippen LogP contribution in [0.5, 0.6) is 0 Å². The summed E-state index contributed by atoms with van der Waals surface area (Å²) in [6.45, 7) is 8.74. The average molecular weight is 244 g/mol. The molecule has 0 aromatic heterocycles. The Kier molecular flexibility index (Phi) is 7.54. The van der Waals surface area contributed by atoms with Crippen LogP contribution in [0.4, 0.5) is 0 Å². The van der Waals surface area contributed by atoms with Gasteiger partial charge in [-0.3, -0.25) is 14.5 Å². The van der Waals surface area contributed by atoms with Gasteiger partial charge in [0, 0.05) is 6.54 Å². The molecule has 1 amide bonds. The molecular formula is C12H24N2O3. The van der Waals surface area contributed by atoms with Gasteiger partial charge in [-0.2, -0.15) is 0 Å². The van der Waals surface area contributed by atoms with Crippen LogP contribution >= 0.6 is 0 Å². The van der Waals surface area contributed by atoms with Crippen molar-refractivity contribution in [2.75, 3.05) is 26.7 Å². The van der Waals surface area contributed by atoms with E-state index in [1.54, 1.807) is 25.8 Å². The predicted octanol–water partition coefficient (Wildman–Crippen LogP) is 0.642. The van der Waals surface area contributed by atoms with Crippen molar-refractivity contribution >= 4 is 11.9 Å². The molecule has 0 spiro atoms. The summed E-state index contributed by atoms with van der Waals surface area (Å²) in [5.74, 6) is 0.0468. The molecule has 5 nitrogen and oxygen atoms in total. The van der Waals surface area contributed by atoms with Gasteiger partial charge < -0.3 is 10.1 Å². The maximum Gasteiger partial charge on any atom is 0.320 e. The Balaban J connectivity index is 4.06. The van der Waals surface area contributed by atoms with Gasteiger partial charge in [-0.15, -0.1) is 0 Å². The molecule has 0 aromatic carbocycles. The van der Waals surface area contributed by atoms with E-state index in [0.29, 0.717) is 19.1 Å². The van der Waals surface area contributed by atoms with Gasteiger partial charge in [0.2, 0.25) is 5.91 Å². The molecule has 0 aliphatic rings. The highest BCUT2D eigenvalue weighted by Crippen LogP contribution is 1.97. The first kappa shape index (κ1) is 15.9. The molecule has 1 unspecified atom stereocenters. The maximum absolute atomic E-state index is 11.7. The highest BCUT2D eigenvalue weighted by atomic mass is 16.5. The molecular weight excluding hydrogens is 220 g/mol. The number of esters is 1. The molecule has 0 saturated heterocycles. The molecule has 0 aliphatic carbocycles. The fourth-order valence-corrected chi connectivity index (χ4v) is 1.20. The first-order valence-corrected chi connectivity index (χ1v) is 6.02. The van der Waals surface area contributed by atoms with E-state index in [9.17, 15) is 9.59 Å². The quantitative estimate of drug-likeness (QED) is 0.668. The van der Waals surface area contributed by atoms with Crippen molar-refractivity contribution in [3.63, 3.8) is 0 Å². The summed E-state index contributed by atoms with van der Waals surface area (Å²) in [6, 6.07) is -0.335. The number of amides is 1. The van der Waals surface area contributed by atoms with Gasteiger partial charge in [0.25, 0.3) is 0 Å². The van der Waals surface area contributed by atoms with Crippen LogP contribution < -0.4 is 5.32 Å². The van der Waals surface area contributed by atoms with Crippen molar-refractivity contribution in [2.24, 2.45) is 5.92 Å². The molecule has 0 aromatic rings. The second kappa shape index (κ2) is 8.06. The lowest BCUT2D eigenvalue weighted by Crippen LogP contribution is -2.46. The van der Waals surface area contributed by atoms with E-state index in [-0.39, 0.29) is 24.5 Å². The van der Waals surface area contributed by atoms with Crippen LogP contribution in [-0.2, 0) is 14.3 Å². The van der Waals surface area contributed by atoms with Gasteiger partial charge in [-0.05, 0) is 26.8 Å². The number of nitrogens with one attached hydrogen (secondary N) is 1. The molecule has 5 heteroatoms. The number of hydrogen-bond donors (Lipinski definition) is 1. The smallest absolute Gasteiger partial charge is 0.320 e. The third kappa shape index (κ3) is 6.94. The summed E-state index contributed by atoms with van der Waals surface area (Å²) in [5, 5.41) is 2.84. The molecule has 0 aliphatic heterocycles. The van der Waals surface area contributed by atoms with Gasteiger partial charge in [0.1, 0.15) is 0 Å². The van der Waals surface area contributed by atoms with Crippen molar-refractivity contribution in [1.82, 2.24) is 10.2 Å². The Bertz CT molecular complexity index is 254. The van der Waals surface area contributed by atoms with E-state index in [1.165, 1.54) is 0 Å². The molecule has 0 heterocycles. The van der Waals surface area contributed by atoms with E-state index >= 15 is 0 Å². The maximum atomic E-state index is 11.7. The Morgan fingerprint density at radius 2 is 1.88 bits per heavy atom. The molecule has 0 saturated carbocycles. The number of hydrogen-bond acceptors (Lipinski definition) is 4. The predicted molar refractivity (Wildman–Crippen MR) is 66.6 cm³/mol. The van der Waals surface area contributed by atoms with E-state index in [2.05, 4.69) is 5.32 Å². The van der Waals surface area contributed by atoms with Crippen LogP contribution in [0.15, 0.2) is 0 Å². The SMILES string of the molecule is CCOC(=O)CN(C)C(C)C(=O)NCC(C)C. The van der Waals surface area contributed by atoms with Crippen LogP contribution in [0.2, 0.25) is 0 Å². The molecule has 17 heavy (non-hydrogen) atoms. The fraction of sp³-hybridized carbons (Fsp3) is 0.833. The number of likely N-dealkylation sites (N-methyl/N-ethyl adjacent to an activating group) is 1. The first-order chi connectivity index (χ1) is 7.88. The summed E-state index contributed by atoms with van der Waals surface area (Å²) in [6.07, 6.45) is 0. The summed E-state index contributed by atoms with van der Waals surface area (Å²) in [5.41, 5.74) is 0. The number of carbonyl (C=O) groups is 2. The van der Waals surface area contributed by atoms with E-state index in [4.69, 9.17) is 4.74 Å². The van der Waals surface area contributed by atoms with Crippen LogP contribution in [0.25, 0.3) is 0 Å². The van der Waals surface area contributed by atoms with Gasteiger partial charge in [-0.1, -0.05) is 13.8 Å². The summed E-state index contributed by atoms with van der Waals surface area (Å²) in [4.78, 5) is 24.6. The number of ether oxygens (including phenoxy) is 1. The minimum absolute atomic E-state index is 0.0644. The van der Waals surface area contributed by atoms with E-state index < -0.39 is 0 Å². The fourth-order valence-electron chi connectivity index (χ4n) is 1.20. The van der Waals surface area contributed by atoms with Crippen molar-refractivity contribution in [3.8, 4) is 0 Å². The molecule has 0 fully saturated rings. The van der Waals surface area contributed by atoms with Crippen LogP contribution in [0.3, 0.4) is 0 Å². The van der Waals surface area contributed by atoms with Crippen LogP contribution in [-0.4, -0.2) is 49.6 Å². The minimum atomic E-state index is -0.335. The zero-order valence-corrected chi connectivity index (χ0v) is 11.4. The Morgan fingerprint density at radius 3 is 2.35 bits per heavy atom. The van der Waals surface area contributed by atoms with Gasteiger partial charge >= 0.3 is 5.97 Å². The molecule has 0 radical (unpaired) electrons. The summed E-state index contributed by atoms with van der Waals surface area (Å²) >= 11 is 0. The molecule has 1 atom stereocenters. The first-order valence-electron chi connectivity index (χ1n) is 6.02. The van der Waals surface area contributed by atoms with Gasteiger partial charge in [-0.25, -0.2) is 0 Å². The molecule has 0 rings (SSSR count). The largest absolute Gasteiger partial charge is 0.465 e. The second-order valence-electron chi connectivity index (χ2n) is 4.54. The minimum Gasteiger partial charge on any atom is -0.465 e. The average Bonchev–Trinajstić information content (AvgIpc) is 2.24. The lowest BCUT2D eigenvalue weighted by atomic mass is 10.2. The van der Waals surface area contributed by atoms with Crippen molar-refractivity contribution < 1.29 is 14.3 Å². The highest BCUT2D eigenvalue weighted by Gasteiger charge is 2.20. The van der Waals surface area contributed by atoms with Gasteiger partial charge in [0.05, 0.1) is 19.2 Å². The lowest BCUT2D eigenvalue weighted by molar-refractivity contribution is -0.145. The normalized spacial score (nSPS) is 12.6. The van der Waals surface area contributed by atoms with E-state index in [1.807, 2.05) is 13.8 Å². The summed E-state index contributed by atoms with van der Waals surface area (Å²) < 4.78 is 4.83. The third-order valence-corrected chi connectivity index (χ3v) is 2.41. The Hall–Kier alpha value is -1.10. The van der Waals surface area contributed by atoms with E-state index in [0.717, 1.165) is 0 Å². The number of rotatable bonds is 7. The van der Waals surface area contributed by atoms with Gasteiger partial charge in [0.15, 0.2) is 0 Å². The molecule has 100 valence electrons. The zero-order valence-electron chi connectivity index (χ0n) is 11.4. The molecule has 0 bridgehead atoms. The number of nitrogens with zero attached hydrogens (tertiary/aromatic N) is 1. The van der Waals surface area contributed by atoms with Crippen molar-refractivity contribution in [2.45, 2.75) is 33.7 Å². The van der Waals surface area contributed by atoms with Crippen molar-refractivity contribution in [1.29, 1.82) is 0 Å². The van der Waals surface area contributed by atoms with Crippen LogP contribution in [0, 0.1) is 5.92 Å². The molecule has 1 N–H and O–H groups in total. The highest BCUT2D eigenvalue weighted by molar-refractivity contribution is 5.82. The Morgan fingerprint density at radius 1 is 1.29 bits per heavy atom. The standard InChI is InChI=1S/C12H24N2O3/c1-6-17-11(15)8-14(5)10(4)12(16)13-7-9(2)3/h9-10H,6-8H2,1-5H3,(H,13,16). The lowest BCUT2D eigenvalue weighted by Gasteiger charge is -2.23. The number of carbonyl (C=O) groups excluding carboxylic acids is 2. The summed E-state index contributed by atoms with van der Waals surface area (Å²) in [7, 11) is 1.73. The Labute approximate surface area is 103 Å². The second-order valence-corrected chi connectivity index (χ2v) is 4.54. The van der Waals surface area contributed by atoms with Crippen LogP contribution in [0.1, 0.15) is 27.7 Å². The monoisotopic (exact) mass is 244 g/mol.